The maximum atomic E-state index is 13.6. The zero-order chi connectivity index (χ0) is 15.4. The van der Waals surface area contributed by atoms with Crippen molar-refractivity contribution in [2.24, 2.45) is 0 Å². The molecule has 0 unspecified atom stereocenters. The van der Waals surface area contributed by atoms with Gasteiger partial charge in [-0.25, -0.2) is 9.18 Å². The SMILES string of the molecule is COc1ccc(Cl)cc1NC(=O)Nc1c(F)cccc1Cl. The number of methoxy groups -OCH3 is 1. The number of halogens is 3. The maximum absolute atomic E-state index is 13.6. The molecule has 4 nitrogen and oxygen atoms in total. The van der Waals surface area contributed by atoms with Gasteiger partial charge in [0, 0.05) is 5.02 Å². The van der Waals surface area contributed by atoms with Crippen LogP contribution in [0.5, 0.6) is 5.75 Å². The highest BCUT2D eigenvalue weighted by atomic mass is 35.5. The van der Waals surface area contributed by atoms with Crippen LogP contribution in [-0.2, 0) is 0 Å². The molecule has 0 spiro atoms. The van der Waals surface area contributed by atoms with E-state index in [2.05, 4.69) is 10.6 Å². The van der Waals surface area contributed by atoms with Crippen LogP contribution in [0.25, 0.3) is 0 Å². The summed E-state index contributed by atoms with van der Waals surface area (Å²) in [4.78, 5) is 11.9. The van der Waals surface area contributed by atoms with Crippen molar-refractivity contribution in [1.82, 2.24) is 0 Å². The highest BCUT2D eigenvalue weighted by Crippen LogP contribution is 2.29. The number of nitrogens with one attached hydrogen (secondary N) is 2. The lowest BCUT2D eigenvalue weighted by Gasteiger charge is -2.12. The van der Waals surface area contributed by atoms with Crippen LogP contribution in [-0.4, -0.2) is 13.1 Å². The lowest BCUT2D eigenvalue weighted by atomic mass is 10.3. The smallest absolute Gasteiger partial charge is 0.323 e. The molecule has 0 saturated carbocycles. The van der Waals surface area contributed by atoms with E-state index in [-0.39, 0.29) is 10.7 Å². The molecule has 0 saturated heterocycles. The molecule has 0 fully saturated rings. The zero-order valence-corrected chi connectivity index (χ0v) is 12.4. The largest absolute Gasteiger partial charge is 0.495 e. The molecule has 2 aromatic carbocycles. The molecule has 7 heteroatoms. The van der Waals surface area contributed by atoms with Crippen LogP contribution in [0.1, 0.15) is 0 Å². The van der Waals surface area contributed by atoms with E-state index in [0.717, 1.165) is 0 Å². The van der Waals surface area contributed by atoms with Crippen LogP contribution in [0.3, 0.4) is 0 Å². The first-order valence-corrected chi connectivity index (χ1v) is 6.62. The standard InChI is InChI=1S/C14H11Cl2FN2O2/c1-21-12-6-5-8(15)7-11(12)18-14(20)19-13-9(16)3-2-4-10(13)17/h2-7H,1H3,(H2,18,19,20). The predicted octanol–water partition coefficient (Wildman–Crippen LogP) is 4.79. The normalized spacial score (nSPS) is 10.1. The average Bonchev–Trinajstić information content (AvgIpc) is 2.43. The van der Waals surface area contributed by atoms with Crippen LogP contribution in [0.4, 0.5) is 20.6 Å². The number of amides is 2. The molecule has 110 valence electrons. The third kappa shape index (κ3) is 3.77. The van der Waals surface area contributed by atoms with Crippen molar-refractivity contribution in [3.8, 4) is 5.75 Å². The molecule has 0 heterocycles. The first-order chi connectivity index (χ1) is 10.0. The molecule has 0 radical (unpaired) electrons. The topological polar surface area (TPSA) is 50.4 Å². The minimum Gasteiger partial charge on any atom is -0.495 e. The molecule has 0 aromatic heterocycles. The Labute approximate surface area is 130 Å². The van der Waals surface area contributed by atoms with E-state index in [1.54, 1.807) is 12.1 Å². The number of carbonyl (C=O) groups is 1. The second-order valence-electron chi connectivity index (χ2n) is 4.02. The number of para-hydroxylation sites is 1. The number of hydrogen-bond donors (Lipinski definition) is 2. The number of hydrogen-bond acceptors (Lipinski definition) is 2. The second-order valence-corrected chi connectivity index (χ2v) is 4.86. The summed E-state index contributed by atoms with van der Waals surface area (Å²) in [6.07, 6.45) is 0. The Hall–Kier alpha value is -1.98. The zero-order valence-electron chi connectivity index (χ0n) is 10.9. The summed E-state index contributed by atoms with van der Waals surface area (Å²) in [5.41, 5.74) is 0.257. The number of urea groups is 1. The van der Waals surface area contributed by atoms with E-state index < -0.39 is 11.8 Å². The van der Waals surface area contributed by atoms with Crippen LogP contribution in [0, 0.1) is 5.82 Å². The summed E-state index contributed by atoms with van der Waals surface area (Å²) < 4.78 is 18.7. The van der Waals surface area contributed by atoms with Crippen molar-refractivity contribution in [2.75, 3.05) is 17.7 Å². The van der Waals surface area contributed by atoms with Gasteiger partial charge in [0.1, 0.15) is 11.6 Å². The van der Waals surface area contributed by atoms with E-state index >= 15 is 0 Å². The van der Waals surface area contributed by atoms with Crippen molar-refractivity contribution in [1.29, 1.82) is 0 Å². The van der Waals surface area contributed by atoms with Gasteiger partial charge in [-0.3, -0.25) is 0 Å². The number of rotatable bonds is 3. The molecule has 2 rings (SSSR count). The lowest BCUT2D eigenvalue weighted by Crippen LogP contribution is -2.20. The molecular formula is C14H11Cl2FN2O2. The van der Waals surface area contributed by atoms with Crippen LogP contribution >= 0.6 is 23.2 Å². The summed E-state index contributed by atoms with van der Waals surface area (Å²) in [5.74, 6) is -0.204. The van der Waals surface area contributed by atoms with Crippen LogP contribution in [0.15, 0.2) is 36.4 Å². The van der Waals surface area contributed by atoms with Gasteiger partial charge in [0.25, 0.3) is 0 Å². The van der Waals surface area contributed by atoms with Gasteiger partial charge in [-0.15, -0.1) is 0 Å². The Bertz CT molecular complexity index is 660. The van der Waals surface area contributed by atoms with E-state index in [9.17, 15) is 9.18 Å². The summed E-state index contributed by atoms with van der Waals surface area (Å²) in [5, 5.41) is 5.39. The van der Waals surface area contributed by atoms with Gasteiger partial charge in [-0.05, 0) is 30.3 Å². The fraction of sp³-hybridized carbons (Fsp3) is 0.0714. The monoisotopic (exact) mass is 328 g/mol. The highest BCUT2D eigenvalue weighted by Gasteiger charge is 2.12. The van der Waals surface area contributed by atoms with E-state index in [0.29, 0.717) is 16.5 Å². The molecule has 0 aliphatic heterocycles. The van der Waals surface area contributed by atoms with E-state index in [1.165, 1.54) is 31.4 Å². The quantitative estimate of drug-likeness (QED) is 0.851. The van der Waals surface area contributed by atoms with Crippen LogP contribution < -0.4 is 15.4 Å². The predicted molar refractivity (Wildman–Crippen MR) is 82.1 cm³/mol. The second kappa shape index (κ2) is 6.65. The van der Waals surface area contributed by atoms with E-state index in [1.807, 2.05) is 0 Å². The first kappa shape index (κ1) is 15.4. The van der Waals surface area contributed by atoms with Gasteiger partial charge in [0.05, 0.1) is 23.5 Å². The van der Waals surface area contributed by atoms with Crippen molar-refractivity contribution in [3.05, 3.63) is 52.3 Å². The Morgan fingerprint density at radius 1 is 1.19 bits per heavy atom. The minimum atomic E-state index is -0.664. The Morgan fingerprint density at radius 2 is 1.95 bits per heavy atom. The molecule has 0 aliphatic carbocycles. The van der Waals surface area contributed by atoms with Gasteiger partial charge >= 0.3 is 6.03 Å². The molecule has 0 atom stereocenters. The van der Waals surface area contributed by atoms with Gasteiger partial charge in [0.2, 0.25) is 0 Å². The molecule has 2 amide bonds. The third-order valence-electron chi connectivity index (χ3n) is 2.61. The van der Waals surface area contributed by atoms with Crippen molar-refractivity contribution in [3.63, 3.8) is 0 Å². The average molecular weight is 329 g/mol. The number of anilines is 2. The summed E-state index contributed by atoms with van der Waals surface area (Å²) in [6, 6.07) is 8.19. The number of carbonyl (C=O) groups excluding carboxylic acids is 1. The maximum Gasteiger partial charge on any atom is 0.323 e. The van der Waals surface area contributed by atoms with E-state index in [4.69, 9.17) is 27.9 Å². The van der Waals surface area contributed by atoms with Crippen molar-refractivity contribution < 1.29 is 13.9 Å². The molecule has 21 heavy (non-hydrogen) atoms. The van der Waals surface area contributed by atoms with Crippen molar-refractivity contribution >= 4 is 40.6 Å². The highest BCUT2D eigenvalue weighted by molar-refractivity contribution is 6.34. The van der Waals surface area contributed by atoms with Gasteiger partial charge in [-0.1, -0.05) is 29.3 Å². The Morgan fingerprint density at radius 3 is 2.62 bits per heavy atom. The Kier molecular flexibility index (Phi) is 4.88. The van der Waals surface area contributed by atoms with Crippen LogP contribution in [0.2, 0.25) is 10.0 Å². The third-order valence-corrected chi connectivity index (χ3v) is 3.16. The summed E-state index contributed by atoms with van der Waals surface area (Å²) >= 11 is 11.7. The molecular weight excluding hydrogens is 318 g/mol. The molecule has 0 aliphatic rings. The van der Waals surface area contributed by atoms with Crippen molar-refractivity contribution in [2.45, 2.75) is 0 Å². The Balaban J connectivity index is 2.17. The minimum absolute atomic E-state index is 0.0994. The lowest BCUT2D eigenvalue weighted by molar-refractivity contribution is 0.262. The first-order valence-electron chi connectivity index (χ1n) is 5.87. The van der Waals surface area contributed by atoms with Gasteiger partial charge in [0.15, 0.2) is 0 Å². The summed E-state index contributed by atoms with van der Waals surface area (Å²) in [6.45, 7) is 0. The fourth-order valence-electron chi connectivity index (χ4n) is 1.66. The number of benzene rings is 2. The summed E-state index contributed by atoms with van der Waals surface area (Å²) in [7, 11) is 1.46. The van der Waals surface area contributed by atoms with Gasteiger partial charge in [-0.2, -0.15) is 0 Å². The molecule has 2 N–H and O–H groups in total. The molecule has 0 bridgehead atoms. The number of ether oxygens (including phenoxy) is 1. The molecule has 2 aromatic rings. The van der Waals surface area contributed by atoms with Gasteiger partial charge < -0.3 is 15.4 Å². The fourth-order valence-corrected chi connectivity index (χ4v) is 2.04.